The number of nitrogens with zero attached hydrogens (tertiary/aromatic N) is 3. The Morgan fingerprint density at radius 2 is 2.29 bits per heavy atom. The lowest BCUT2D eigenvalue weighted by atomic mass is 10.1. The van der Waals surface area contributed by atoms with Gasteiger partial charge in [-0.1, -0.05) is 19.0 Å². The molecular weight excluding hydrogens is 272 g/mol. The highest BCUT2D eigenvalue weighted by Gasteiger charge is 2.34. The highest BCUT2D eigenvalue weighted by atomic mass is 16.5. The van der Waals surface area contributed by atoms with Gasteiger partial charge < -0.3 is 14.7 Å². The van der Waals surface area contributed by atoms with Crippen LogP contribution in [0.25, 0.3) is 0 Å². The highest BCUT2D eigenvalue weighted by molar-refractivity contribution is 5.89. The zero-order valence-corrected chi connectivity index (χ0v) is 12.8. The molecule has 116 valence electrons. The van der Waals surface area contributed by atoms with E-state index in [0.717, 1.165) is 0 Å². The van der Waals surface area contributed by atoms with Crippen LogP contribution >= 0.6 is 0 Å². The van der Waals surface area contributed by atoms with Crippen molar-refractivity contribution in [1.82, 2.24) is 20.4 Å². The Bertz CT molecular complexity index is 512. The summed E-state index contributed by atoms with van der Waals surface area (Å²) in [4.78, 5) is 29.7. The van der Waals surface area contributed by atoms with Gasteiger partial charge in [0.05, 0.1) is 5.92 Å². The molecule has 1 saturated heterocycles. The molecule has 0 saturated carbocycles. The lowest BCUT2D eigenvalue weighted by molar-refractivity contribution is -0.129. The Hall–Kier alpha value is -1.92. The third kappa shape index (κ3) is 4.27. The first-order valence-electron chi connectivity index (χ1n) is 7.30. The van der Waals surface area contributed by atoms with Crippen LogP contribution in [0.1, 0.15) is 32.0 Å². The summed E-state index contributed by atoms with van der Waals surface area (Å²) in [5.41, 5.74) is 0. The van der Waals surface area contributed by atoms with Crippen LogP contribution < -0.4 is 5.32 Å². The zero-order chi connectivity index (χ0) is 15.4. The molecule has 2 amide bonds. The predicted octanol–water partition coefficient (Wildman–Crippen LogP) is 0.541. The SMILES string of the molecule is Cc1noc(CCNC(=O)[C@@H]2CC(=O)N(CC(C)C)C2)n1. The number of hydrogen-bond donors (Lipinski definition) is 1. The second kappa shape index (κ2) is 6.69. The van der Waals surface area contributed by atoms with Gasteiger partial charge in [0.25, 0.3) is 0 Å². The van der Waals surface area contributed by atoms with Gasteiger partial charge in [0, 0.05) is 32.5 Å². The number of aryl methyl sites for hydroxylation is 1. The van der Waals surface area contributed by atoms with Crippen LogP contribution in [0.4, 0.5) is 0 Å². The molecule has 0 unspecified atom stereocenters. The minimum absolute atomic E-state index is 0.0661. The molecule has 0 radical (unpaired) electrons. The molecule has 0 spiro atoms. The Kier molecular flexibility index (Phi) is 4.93. The van der Waals surface area contributed by atoms with Crippen LogP contribution in [0.2, 0.25) is 0 Å². The zero-order valence-electron chi connectivity index (χ0n) is 12.8. The maximum absolute atomic E-state index is 12.1. The quantitative estimate of drug-likeness (QED) is 0.827. The minimum Gasteiger partial charge on any atom is -0.355 e. The molecule has 7 heteroatoms. The molecule has 0 aliphatic carbocycles. The molecule has 21 heavy (non-hydrogen) atoms. The molecule has 1 aromatic rings. The van der Waals surface area contributed by atoms with E-state index in [1.165, 1.54) is 0 Å². The first-order chi connectivity index (χ1) is 9.95. The third-order valence-corrected chi connectivity index (χ3v) is 3.38. The van der Waals surface area contributed by atoms with Crippen molar-refractivity contribution < 1.29 is 14.1 Å². The van der Waals surface area contributed by atoms with Gasteiger partial charge >= 0.3 is 0 Å². The van der Waals surface area contributed by atoms with Crippen molar-refractivity contribution in [3.8, 4) is 0 Å². The van der Waals surface area contributed by atoms with E-state index in [1.807, 2.05) is 0 Å². The molecule has 1 aliphatic rings. The fraction of sp³-hybridized carbons (Fsp3) is 0.714. The maximum atomic E-state index is 12.1. The second-order valence-electron chi connectivity index (χ2n) is 5.87. The summed E-state index contributed by atoms with van der Waals surface area (Å²) in [5.74, 6) is 1.25. The van der Waals surface area contributed by atoms with E-state index in [0.29, 0.717) is 50.1 Å². The number of carbonyl (C=O) groups is 2. The molecule has 2 heterocycles. The van der Waals surface area contributed by atoms with Crippen LogP contribution in [0.15, 0.2) is 4.52 Å². The van der Waals surface area contributed by atoms with Gasteiger partial charge in [0.2, 0.25) is 17.7 Å². The maximum Gasteiger partial charge on any atom is 0.228 e. The van der Waals surface area contributed by atoms with Crippen LogP contribution in [0, 0.1) is 18.8 Å². The first kappa shape index (κ1) is 15.5. The smallest absolute Gasteiger partial charge is 0.228 e. The summed E-state index contributed by atoms with van der Waals surface area (Å²) in [6, 6.07) is 0. The lowest BCUT2D eigenvalue weighted by Crippen LogP contribution is -2.35. The van der Waals surface area contributed by atoms with Crippen molar-refractivity contribution in [1.29, 1.82) is 0 Å². The van der Waals surface area contributed by atoms with Crippen molar-refractivity contribution in [2.45, 2.75) is 33.6 Å². The average Bonchev–Trinajstić information content (AvgIpc) is 2.96. The summed E-state index contributed by atoms with van der Waals surface area (Å²) < 4.78 is 4.97. The predicted molar refractivity (Wildman–Crippen MR) is 75.3 cm³/mol. The summed E-state index contributed by atoms with van der Waals surface area (Å²) in [6.45, 7) is 7.54. The van der Waals surface area contributed by atoms with Crippen LogP contribution in [-0.4, -0.2) is 46.5 Å². The molecule has 1 atom stereocenters. The average molecular weight is 294 g/mol. The number of carbonyl (C=O) groups excluding carboxylic acids is 2. The summed E-state index contributed by atoms with van der Waals surface area (Å²) >= 11 is 0. The largest absolute Gasteiger partial charge is 0.355 e. The van der Waals surface area contributed by atoms with Crippen LogP contribution in [0.5, 0.6) is 0 Å². The number of amides is 2. The van der Waals surface area contributed by atoms with Crippen LogP contribution in [-0.2, 0) is 16.0 Å². The van der Waals surface area contributed by atoms with E-state index < -0.39 is 0 Å². The fourth-order valence-corrected chi connectivity index (χ4v) is 2.44. The Balaban J connectivity index is 1.75. The molecule has 0 aromatic carbocycles. The molecule has 1 fully saturated rings. The Morgan fingerprint density at radius 3 is 2.90 bits per heavy atom. The van der Waals surface area contributed by atoms with Gasteiger partial charge in [-0.05, 0) is 12.8 Å². The number of nitrogens with one attached hydrogen (secondary N) is 1. The molecule has 1 aromatic heterocycles. The van der Waals surface area contributed by atoms with E-state index in [2.05, 4.69) is 29.3 Å². The summed E-state index contributed by atoms with van der Waals surface area (Å²) in [5, 5.41) is 6.52. The fourth-order valence-electron chi connectivity index (χ4n) is 2.44. The molecule has 7 nitrogen and oxygen atoms in total. The first-order valence-corrected chi connectivity index (χ1v) is 7.30. The summed E-state index contributed by atoms with van der Waals surface area (Å²) in [6.07, 6.45) is 0.807. The van der Waals surface area contributed by atoms with Crippen molar-refractivity contribution >= 4 is 11.8 Å². The minimum atomic E-state index is -0.249. The van der Waals surface area contributed by atoms with Gasteiger partial charge in [-0.15, -0.1) is 0 Å². The van der Waals surface area contributed by atoms with Gasteiger partial charge in [0.1, 0.15) is 0 Å². The summed E-state index contributed by atoms with van der Waals surface area (Å²) in [7, 11) is 0. The number of hydrogen-bond acceptors (Lipinski definition) is 5. The monoisotopic (exact) mass is 294 g/mol. The Morgan fingerprint density at radius 1 is 1.52 bits per heavy atom. The van der Waals surface area contributed by atoms with Crippen molar-refractivity contribution in [3.05, 3.63) is 11.7 Å². The van der Waals surface area contributed by atoms with E-state index in [4.69, 9.17) is 4.52 Å². The lowest BCUT2D eigenvalue weighted by Gasteiger charge is -2.18. The van der Waals surface area contributed by atoms with Gasteiger partial charge in [-0.2, -0.15) is 4.98 Å². The highest BCUT2D eigenvalue weighted by Crippen LogP contribution is 2.19. The standard InChI is InChI=1S/C14H22N4O3/c1-9(2)7-18-8-11(6-13(18)19)14(20)15-5-4-12-16-10(3)17-21-12/h9,11H,4-8H2,1-3H3,(H,15,20)/t11-/m1/s1. The van der Waals surface area contributed by atoms with Gasteiger partial charge in [0.15, 0.2) is 5.82 Å². The topological polar surface area (TPSA) is 88.3 Å². The van der Waals surface area contributed by atoms with E-state index >= 15 is 0 Å². The van der Waals surface area contributed by atoms with Crippen molar-refractivity contribution in [2.75, 3.05) is 19.6 Å². The van der Waals surface area contributed by atoms with E-state index in [-0.39, 0.29) is 17.7 Å². The van der Waals surface area contributed by atoms with Crippen LogP contribution in [0.3, 0.4) is 0 Å². The number of likely N-dealkylation sites (tertiary alicyclic amines) is 1. The molecule has 1 aliphatic heterocycles. The van der Waals surface area contributed by atoms with Crippen molar-refractivity contribution in [3.63, 3.8) is 0 Å². The molecule has 2 rings (SSSR count). The van der Waals surface area contributed by atoms with Gasteiger partial charge in [-0.25, -0.2) is 0 Å². The van der Waals surface area contributed by atoms with E-state index in [9.17, 15) is 9.59 Å². The molecule has 1 N–H and O–H groups in total. The third-order valence-electron chi connectivity index (χ3n) is 3.38. The molecule has 0 bridgehead atoms. The number of rotatable bonds is 6. The van der Waals surface area contributed by atoms with Gasteiger partial charge in [-0.3, -0.25) is 9.59 Å². The Labute approximate surface area is 124 Å². The normalized spacial score (nSPS) is 18.6. The number of aromatic nitrogens is 2. The van der Waals surface area contributed by atoms with Crippen molar-refractivity contribution in [2.24, 2.45) is 11.8 Å². The molecular formula is C14H22N4O3. The second-order valence-corrected chi connectivity index (χ2v) is 5.87. The van der Waals surface area contributed by atoms with E-state index in [1.54, 1.807) is 11.8 Å².